The van der Waals surface area contributed by atoms with Crippen LogP contribution in [0.1, 0.15) is 111 Å². The van der Waals surface area contributed by atoms with Crippen LogP contribution >= 0.6 is 23.5 Å². The third-order valence-corrected chi connectivity index (χ3v) is 10.9. The second-order valence-corrected chi connectivity index (χ2v) is 14.4. The predicted octanol–water partition coefficient (Wildman–Crippen LogP) is 7.62. The Kier molecular flexibility index (Phi) is 12.4. The highest BCUT2D eigenvalue weighted by atomic mass is 32.2. The van der Waals surface area contributed by atoms with Crippen LogP contribution in [0.15, 0.2) is 12.2 Å². The molecule has 0 aromatic rings. The Hall–Kier alpha value is 0.360. The Bertz CT molecular complexity index is 515. The van der Waals surface area contributed by atoms with Gasteiger partial charge >= 0.3 is 0 Å². The molecule has 0 aromatic heterocycles. The van der Waals surface area contributed by atoms with Gasteiger partial charge in [0.15, 0.2) is 0 Å². The normalized spacial score (nSPS) is 29.1. The molecule has 0 bridgehead atoms. The minimum atomic E-state index is 0.0976. The van der Waals surface area contributed by atoms with Crippen molar-refractivity contribution in [3.63, 3.8) is 0 Å². The summed E-state index contributed by atoms with van der Waals surface area (Å²) >= 11 is 4.44. The van der Waals surface area contributed by atoms with Crippen LogP contribution in [0.4, 0.5) is 0 Å². The molecule has 0 amide bonds. The highest BCUT2D eigenvalue weighted by Crippen LogP contribution is 2.41. The van der Waals surface area contributed by atoms with Crippen molar-refractivity contribution in [2.45, 2.75) is 132 Å². The number of unbranched alkanes of at least 4 members (excludes halogenated alkanes) is 2. The van der Waals surface area contributed by atoms with E-state index in [1.54, 1.807) is 0 Å². The van der Waals surface area contributed by atoms with Crippen LogP contribution in [0.25, 0.3) is 0 Å². The maximum atomic E-state index is 9.57. The van der Waals surface area contributed by atoms with Crippen molar-refractivity contribution >= 4 is 23.5 Å². The maximum absolute atomic E-state index is 9.57. The smallest absolute Gasteiger partial charge is 0.0484 e. The van der Waals surface area contributed by atoms with Gasteiger partial charge < -0.3 is 10.2 Å². The third-order valence-electron chi connectivity index (χ3n) is 7.67. The molecule has 2 aliphatic heterocycles. The van der Waals surface area contributed by atoms with Gasteiger partial charge in [0.2, 0.25) is 0 Å². The van der Waals surface area contributed by atoms with Crippen molar-refractivity contribution in [2.24, 2.45) is 10.8 Å². The zero-order valence-electron chi connectivity index (χ0n) is 20.8. The van der Waals surface area contributed by atoms with E-state index < -0.39 is 0 Å². The molecular weight excluding hydrogens is 420 g/mol. The van der Waals surface area contributed by atoms with Crippen LogP contribution in [0.5, 0.6) is 0 Å². The minimum Gasteiger partial charge on any atom is -0.396 e. The average molecular weight is 471 g/mol. The summed E-state index contributed by atoms with van der Waals surface area (Å²) in [4.78, 5) is 0. The minimum absolute atomic E-state index is 0.0976. The molecule has 2 saturated heterocycles. The van der Waals surface area contributed by atoms with Gasteiger partial charge in [-0.25, -0.2) is 0 Å². The lowest BCUT2D eigenvalue weighted by Gasteiger charge is -2.25. The topological polar surface area (TPSA) is 40.5 Å². The van der Waals surface area contributed by atoms with E-state index in [9.17, 15) is 10.2 Å². The van der Waals surface area contributed by atoms with E-state index in [4.69, 9.17) is 0 Å². The summed E-state index contributed by atoms with van der Waals surface area (Å²) in [6.07, 6.45) is 21.8. The molecule has 0 aliphatic carbocycles. The van der Waals surface area contributed by atoms with Gasteiger partial charge in [-0.1, -0.05) is 65.5 Å². The average Bonchev–Trinajstić information content (AvgIpc) is 3.42. The zero-order valence-corrected chi connectivity index (χ0v) is 22.4. The summed E-state index contributed by atoms with van der Waals surface area (Å²) in [5.74, 6) is 0. The molecule has 2 N–H and O–H groups in total. The van der Waals surface area contributed by atoms with Crippen LogP contribution < -0.4 is 0 Å². The SMILES string of the molecule is CCC(C)(CO)CCCCC1CCC(/C=C\C2CCC(CCCCC(C)(C)CO)S2)S1. The Morgan fingerprint density at radius 1 is 0.742 bits per heavy atom. The molecule has 5 unspecified atom stereocenters. The Labute approximate surface area is 201 Å². The van der Waals surface area contributed by atoms with E-state index in [1.807, 2.05) is 0 Å². The van der Waals surface area contributed by atoms with Crippen LogP contribution in [-0.2, 0) is 0 Å². The van der Waals surface area contributed by atoms with E-state index >= 15 is 0 Å². The molecule has 2 aliphatic rings. The molecule has 2 fully saturated rings. The van der Waals surface area contributed by atoms with Gasteiger partial charge in [0.1, 0.15) is 0 Å². The Balaban J connectivity index is 1.56. The first kappa shape index (κ1) is 27.6. The molecule has 31 heavy (non-hydrogen) atoms. The highest BCUT2D eigenvalue weighted by Gasteiger charge is 2.27. The molecular formula is C27H50O2S2. The lowest BCUT2D eigenvalue weighted by Crippen LogP contribution is -2.20. The van der Waals surface area contributed by atoms with Gasteiger partial charge in [0, 0.05) is 34.2 Å². The zero-order chi connectivity index (χ0) is 22.7. The van der Waals surface area contributed by atoms with Gasteiger partial charge in [0.05, 0.1) is 0 Å². The first-order valence-electron chi connectivity index (χ1n) is 13.0. The number of aliphatic hydroxyl groups excluding tert-OH is 2. The highest BCUT2D eigenvalue weighted by molar-refractivity contribution is 8.01. The van der Waals surface area contributed by atoms with E-state index in [0.29, 0.717) is 13.2 Å². The monoisotopic (exact) mass is 470 g/mol. The van der Waals surface area contributed by atoms with Gasteiger partial charge in [-0.3, -0.25) is 0 Å². The summed E-state index contributed by atoms with van der Waals surface area (Å²) in [5.41, 5.74) is 0.237. The van der Waals surface area contributed by atoms with E-state index in [2.05, 4.69) is 63.4 Å². The second kappa shape index (κ2) is 13.9. The quantitative estimate of drug-likeness (QED) is 0.191. The lowest BCUT2D eigenvalue weighted by molar-refractivity contribution is 0.125. The van der Waals surface area contributed by atoms with Gasteiger partial charge in [0.25, 0.3) is 0 Å². The van der Waals surface area contributed by atoms with Gasteiger partial charge in [-0.05, 0) is 68.6 Å². The number of thioether (sulfide) groups is 2. The number of rotatable bonds is 15. The third kappa shape index (κ3) is 10.4. The molecule has 4 heteroatoms. The molecule has 0 saturated carbocycles. The van der Waals surface area contributed by atoms with Crippen LogP contribution in [0, 0.1) is 10.8 Å². The van der Waals surface area contributed by atoms with E-state index in [1.165, 1.54) is 70.6 Å². The van der Waals surface area contributed by atoms with Crippen molar-refractivity contribution in [3.8, 4) is 0 Å². The first-order valence-corrected chi connectivity index (χ1v) is 14.9. The molecule has 0 spiro atoms. The number of aliphatic hydroxyl groups is 2. The van der Waals surface area contributed by atoms with E-state index in [0.717, 1.165) is 33.8 Å². The van der Waals surface area contributed by atoms with Crippen LogP contribution in [0.3, 0.4) is 0 Å². The predicted molar refractivity (Wildman–Crippen MR) is 141 cm³/mol. The number of hydrogen-bond donors (Lipinski definition) is 2. The number of hydrogen-bond acceptors (Lipinski definition) is 4. The summed E-state index contributed by atoms with van der Waals surface area (Å²) < 4.78 is 0. The van der Waals surface area contributed by atoms with Crippen molar-refractivity contribution in [1.29, 1.82) is 0 Å². The van der Waals surface area contributed by atoms with Crippen LogP contribution in [0.2, 0.25) is 0 Å². The molecule has 0 aromatic carbocycles. The summed E-state index contributed by atoms with van der Waals surface area (Å²) in [6.45, 7) is 9.40. The first-order chi connectivity index (χ1) is 14.8. The maximum Gasteiger partial charge on any atom is 0.0484 e. The van der Waals surface area contributed by atoms with Crippen molar-refractivity contribution in [1.82, 2.24) is 0 Å². The molecule has 5 atom stereocenters. The standard InChI is InChI=1S/C27H50O2S2/c1-5-27(4,21-29)19-9-7-11-23-13-15-25(31-23)17-16-24-14-12-22(30-24)10-6-8-18-26(2,3)20-28/h16-17,22-25,28-29H,5-15,18-21H2,1-4H3/b17-16-. The van der Waals surface area contributed by atoms with Crippen LogP contribution in [-0.4, -0.2) is 44.4 Å². The fraction of sp³-hybridized carbons (Fsp3) is 0.926. The summed E-state index contributed by atoms with van der Waals surface area (Å²) in [7, 11) is 0. The molecule has 2 rings (SSSR count). The largest absolute Gasteiger partial charge is 0.396 e. The Morgan fingerprint density at radius 3 is 1.71 bits per heavy atom. The summed E-state index contributed by atoms with van der Waals surface area (Å²) in [6, 6.07) is 0. The van der Waals surface area contributed by atoms with E-state index in [-0.39, 0.29) is 10.8 Å². The van der Waals surface area contributed by atoms with Crippen molar-refractivity contribution in [2.75, 3.05) is 13.2 Å². The van der Waals surface area contributed by atoms with Crippen molar-refractivity contribution in [3.05, 3.63) is 12.2 Å². The fourth-order valence-electron chi connectivity index (χ4n) is 4.77. The van der Waals surface area contributed by atoms with Gasteiger partial charge in [-0.2, -0.15) is 23.5 Å². The summed E-state index contributed by atoms with van der Waals surface area (Å²) in [5, 5.41) is 22.1. The lowest BCUT2D eigenvalue weighted by atomic mass is 9.83. The van der Waals surface area contributed by atoms with Crippen molar-refractivity contribution < 1.29 is 10.2 Å². The second-order valence-electron chi connectivity index (χ2n) is 11.3. The Morgan fingerprint density at radius 2 is 1.26 bits per heavy atom. The molecule has 0 radical (unpaired) electrons. The van der Waals surface area contributed by atoms with Gasteiger partial charge in [-0.15, -0.1) is 0 Å². The fourth-order valence-corrected chi connectivity index (χ4v) is 7.81. The molecule has 2 heterocycles. The molecule has 2 nitrogen and oxygen atoms in total. The molecule has 182 valence electrons.